The number of pyridine rings is 1. The Morgan fingerprint density at radius 2 is 1.96 bits per heavy atom. The number of halogens is 1. The van der Waals surface area contributed by atoms with Crippen LogP contribution in [0.15, 0.2) is 24.3 Å². The fourth-order valence-electron chi connectivity index (χ4n) is 1.83. The van der Waals surface area contributed by atoms with Gasteiger partial charge in [0.1, 0.15) is 5.69 Å². The van der Waals surface area contributed by atoms with E-state index in [1.807, 2.05) is 0 Å². The average molecular weight is 407 g/mol. The second-order valence-corrected chi connectivity index (χ2v) is 5.54. The van der Waals surface area contributed by atoms with E-state index in [-0.39, 0.29) is 12.4 Å². The van der Waals surface area contributed by atoms with Crippen LogP contribution in [0.2, 0.25) is 5.02 Å². The summed E-state index contributed by atoms with van der Waals surface area (Å²) in [7, 11) is 0. The van der Waals surface area contributed by atoms with Crippen LogP contribution in [0.4, 0.5) is 0 Å². The maximum atomic E-state index is 11.6. The number of rotatable bonds is 4. The summed E-state index contributed by atoms with van der Waals surface area (Å²) < 4.78 is 28.0. The molecule has 0 fully saturated rings. The number of carbonyl (C=O) groups excluding carboxylic acids is 2. The Morgan fingerprint density at radius 1 is 1.35 bits per heavy atom. The Bertz CT molecular complexity index is 733. The molecule has 2 rings (SSSR count). The molecule has 0 aliphatic heterocycles. The molecule has 0 aliphatic rings. The third kappa shape index (κ3) is 6.13. The van der Waals surface area contributed by atoms with Gasteiger partial charge in [0.25, 0.3) is 0 Å². The van der Waals surface area contributed by atoms with Crippen LogP contribution in [0.25, 0.3) is 10.9 Å². The number of esters is 1. The van der Waals surface area contributed by atoms with Crippen molar-refractivity contribution in [2.45, 2.75) is 13.3 Å². The van der Waals surface area contributed by atoms with E-state index in [0.717, 1.165) is 5.39 Å². The Morgan fingerprint density at radius 3 is 2.52 bits per heavy atom. The monoisotopic (exact) mass is 407 g/mol. The van der Waals surface area contributed by atoms with Crippen molar-refractivity contribution in [3.63, 3.8) is 0 Å². The van der Waals surface area contributed by atoms with Gasteiger partial charge in [-0.15, -0.1) is 0 Å². The summed E-state index contributed by atoms with van der Waals surface area (Å²) >= 11 is 2.82. The van der Waals surface area contributed by atoms with Crippen LogP contribution in [0, 0.1) is 0 Å². The molecule has 7 nitrogen and oxygen atoms in total. The van der Waals surface area contributed by atoms with Gasteiger partial charge >= 0.3 is 32.7 Å². The SMILES string of the molecule is CCOC(=O)Cc1c(Cl)ccc2ccc(C=O)nc12.O=[Se](O)O. The summed E-state index contributed by atoms with van der Waals surface area (Å²) in [5, 5.41) is 1.27. The van der Waals surface area contributed by atoms with E-state index < -0.39 is 14.5 Å². The van der Waals surface area contributed by atoms with Gasteiger partial charge in [-0.25, -0.2) is 4.98 Å². The molecular weight excluding hydrogens is 393 g/mol. The van der Waals surface area contributed by atoms with E-state index >= 15 is 0 Å². The number of aldehydes is 1. The van der Waals surface area contributed by atoms with Gasteiger partial charge in [-0.3, -0.25) is 9.59 Å². The van der Waals surface area contributed by atoms with Crippen LogP contribution >= 0.6 is 11.6 Å². The average Bonchev–Trinajstić information content (AvgIpc) is 2.49. The van der Waals surface area contributed by atoms with Crippen LogP contribution in [0.1, 0.15) is 23.0 Å². The van der Waals surface area contributed by atoms with Gasteiger partial charge in [0.15, 0.2) is 6.29 Å². The molecule has 1 heterocycles. The van der Waals surface area contributed by atoms with Gasteiger partial charge in [-0.05, 0) is 19.1 Å². The number of aromatic nitrogens is 1. The summed E-state index contributed by atoms with van der Waals surface area (Å²) in [6.45, 7) is 2.06. The number of hydrogen-bond acceptors (Lipinski definition) is 5. The second kappa shape index (κ2) is 9.44. The van der Waals surface area contributed by atoms with Gasteiger partial charge in [0.05, 0.1) is 18.5 Å². The molecule has 2 aromatic rings. The van der Waals surface area contributed by atoms with Gasteiger partial charge in [-0.2, -0.15) is 0 Å². The summed E-state index contributed by atoms with van der Waals surface area (Å²) in [6.07, 6.45) is 0.702. The number of ether oxygens (including phenoxy) is 1. The van der Waals surface area contributed by atoms with Crippen molar-refractivity contribution in [2.24, 2.45) is 0 Å². The molecule has 0 saturated heterocycles. The van der Waals surface area contributed by atoms with Crippen molar-refractivity contribution < 1.29 is 26.5 Å². The summed E-state index contributed by atoms with van der Waals surface area (Å²) in [5.41, 5.74) is 1.45. The molecular formula is C14H14ClNO6Se. The van der Waals surface area contributed by atoms with Crippen LogP contribution in [-0.4, -0.2) is 46.7 Å². The van der Waals surface area contributed by atoms with Gasteiger partial charge in [0, 0.05) is 16.0 Å². The number of nitrogens with zero attached hydrogens (tertiary/aromatic N) is 1. The van der Waals surface area contributed by atoms with Crippen molar-refractivity contribution >= 4 is 49.3 Å². The summed E-state index contributed by atoms with van der Waals surface area (Å²) in [6, 6.07) is 6.91. The first-order chi connectivity index (χ1) is 10.9. The fraction of sp³-hybridized carbons (Fsp3) is 0.214. The topological polar surface area (TPSA) is 114 Å². The number of carbonyl (C=O) groups is 2. The Kier molecular flexibility index (Phi) is 7.94. The third-order valence-corrected chi connectivity index (χ3v) is 3.03. The normalized spacial score (nSPS) is 10.1. The van der Waals surface area contributed by atoms with Crippen LogP contribution in [0.5, 0.6) is 0 Å². The van der Waals surface area contributed by atoms with Crippen LogP contribution in [0.3, 0.4) is 0 Å². The third-order valence-electron chi connectivity index (χ3n) is 2.68. The Balaban J connectivity index is 0.000000593. The fourth-order valence-corrected chi connectivity index (χ4v) is 2.05. The van der Waals surface area contributed by atoms with E-state index in [9.17, 15) is 9.59 Å². The molecule has 0 spiro atoms. The number of benzene rings is 1. The van der Waals surface area contributed by atoms with Crippen molar-refractivity contribution in [1.82, 2.24) is 4.98 Å². The molecule has 0 radical (unpaired) electrons. The van der Waals surface area contributed by atoms with E-state index in [2.05, 4.69) is 4.98 Å². The molecule has 1 aromatic carbocycles. The van der Waals surface area contributed by atoms with Crippen molar-refractivity contribution in [1.29, 1.82) is 0 Å². The van der Waals surface area contributed by atoms with Crippen molar-refractivity contribution in [2.75, 3.05) is 6.61 Å². The first-order valence-corrected chi connectivity index (χ1v) is 8.98. The van der Waals surface area contributed by atoms with E-state index in [0.29, 0.717) is 34.7 Å². The standard InChI is InChI=1S/C14H12ClNO3.H2O3Se/c1-2-19-13(18)7-11-12(15)6-4-9-3-5-10(8-17)16-14(9)11;1-4(2)3/h3-6,8H,2,7H2,1H3;(H2,1,2,3). The molecule has 0 saturated carbocycles. The molecule has 23 heavy (non-hydrogen) atoms. The van der Waals surface area contributed by atoms with Crippen molar-refractivity contribution in [3.8, 4) is 0 Å². The Hall–Kier alpha value is -1.70. The zero-order chi connectivity index (χ0) is 17.4. The van der Waals surface area contributed by atoms with Crippen LogP contribution < -0.4 is 0 Å². The summed E-state index contributed by atoms with van der Waals surface area (Å²) in [5.74, 6) is -0.366. The van der Waals surface area contributed by atoms with E-state index in [4.69, 9.17) is 28.6 Å². The van der Waals surface area contributed by atoms with Gasteiger partial charge in [-0.1, -0.05) is 23.7 Å². The first-order valence-electron chi connectivity index (χ1n) is 6.37. The zero-order valence-corrected chi connectivity index (χ0v) is 14.5. The molecule has 0 bridgehead atoms. The minimum absolute atomic E-state index is 0.0410. The van der Waals surface area contributed by atoms with Gasteiger partial charge in [0.2, 0.25) is 0 Å². The quantitative estimate of drug-likeness (QED) is 0.445. The first kappa shape index (κ1) is 19.3. The molecule has 0 atom stereocenters. The molecule has 0 unspecified atom stereocenters. The number of hydrogen-bond donors (Lipinski definition) is 2. The molecule has 0 aliphatic carbocycles. The zero-order valence-electron chi connectivity index (χ0n) is 12.1. The molecule has 1 aromatic heterocycles. The van der Waals surface area contributed by atoms with Crippen LogP contribution in [-0.2, 0) is 19.8 Å². The minimum atomic E-state index is -3.29. The molecule has 2 N–H and O–H groups in total. The van der Waals surface area contributed by atoms with E-state index in [1.165, 1.54) is 0 Å². The molecule has 124 valence electrons. The predicted molar refractivity (Wildman–Crippen MR) is 83.4 cm³/mol. The molecule has 0 amide bonds. The van der Waals surface area contributed by atoms with Crippen molar-refractivity contribution in [3.05, 3.63) is 40.5 Å². The van der Waals surface area contributed by atoms with E-state index in [1.54, 1.807) is 31.2 Å². The number of fused-ring (bicyclic) bond motifs is 1. The Labute approximate surface area is 141 Å². The predicted octanol–water partition coefficient (Wildman–Crippen LogP) is 1.19. The molecule has 9 heteroatoms. The maximum absolute atomic E-state index is 11.6. The summed E-state index contributed by atoms with van der Waals surface area (Å²) in [4.78, 5) is 26.6. The van der Waals surface area contributed by atoms with Gasteiger partial charge < -0.3 is 4.74 Å². The second-order valence-electron chi connectivity index (χ2n) is 4.16.